The van der Waals surface area contributed by atoms with Crippen LogP contribution in [-0.2, 0) is 14.0 Å². The number of carboxylic acid groups (broad SMARTS) is 1. The first kappa shape index (κ1) is 24.0. The van der Waals surface area contributed by atoms with E-state index in [-0.39, 0.29) is 11.5 Å². The third-order valence-electron chi connectivity index (χ3n) is 5.91. The lowest BCUT2D eigenvalue weighted by Crippen LogP contribution is -2.49. The highest BCUT2D eigenvalue weighted by Gasteiger charge is 2.37. The van der Waals surface area contributed by atoms with E-state index in [1.54, 1.807) is 0 Å². The number of anilines is 1. The fourth-order valence-corrected chi connectivity index (χ4v) is 4.38. The number of amides is 1. The molecule has 31 heavy (non-hydrogen) atoms. The summed E-state index contributed by atoms with van der Waals surface area (Å²) < 4.78 is 17.5. The van der Waals surface area contributed by atoms with Gasteiger partial charge in [-0.1, -0.05) is 32.9 Å². The number of nitrogens with zero attached hydrogens (tertiary/aromatic N) is 2. The second kappa shape index (κ2) is 9.49. The maximum Gasteiger partial charge on any atom is 0.493 e. The first-order valence-electron chi connectivity index (χ1n) is 11.3. The average Bonchev–Trinajstić information content (AvgIpc) is 2.69. The molecule has 1 unspecified atom stereocenters. The number of hydrogen-bond donors (Lipinski definition) is 1. The average molecular weight is 432 g/mol. The Morgan fingerprint density at radius 1 is 1.23 bits per heavy atom. The van der Waals surface area contributed by atoms with Crippen molar-refractivity contribution in [1.82, 2.24) is 4.90 Å². The molecule has 2 aliphatic rings. The number of morpholine rings is 1. The molecular formula is C23H37BN2O5. The number of benzene rings is 1. The lowest BCUT2D eigenvalue weighted by Gasteiger charge is -2.40. The van der Waals surface area contributed by atoms with Crippen LogP contribution in [0.15, 0.2) is 18.2 Å². The summed E-state index contributed by atoms with van der Waals surface area (Å²) in [7, 11) is -0.486. The van der Waals surface area contributed by atoms with Crippen molar-refractivity contribution in [2.24, 2.45) is 5.41 Å². The van der Waals surface area contributed by atoms with Crippen molar-refractivity contribution in [2.45, 2.75) is 59.5 Å². The van der Waals surface area contributed by atoms with E-state index >= 15 is 0 Å². The quantitative estimate of drug-likeness (QED) is 0.718. The van der Waals surface area contributed by atoms with Crippen LogP contribution in [-0.4, -0.2) is 68.3 Å². The van der Waals surface area contributed by atoms with Crippen LogP contribution in [0.3, 0.4) is 0 Å². The molecule has 1 amide bonds. The van der Waals surface area contributed by atoms with Crippen LogP contribution in [0.2, 0.25) is 0 Å². The maximum atomic E-state index is 12.4. The zero-order chi connectivity index (χ0) is 22.8. The van der Waals surface area contributed by atoms with Crippen molar-refractivity contribution in [3.63, 3.8) is 0 Å². The van der Waals surface area contributed by atoms with Crippen molar-refractivity contribution in [1.29, 1.82) is 0 Å². The molecular weight excluding hydrogens is 395 g/mol. The lowest BCUT2D eigenvalue weighted by molar-refractivity contribution is 0.0153. The number of hydrogen-bond acceptors (Lipinski definition) is 5. The third kappa shape index (κ3) is 5.61. The van der Waals surface area contributed by atoms with Gasteiger partial charge in [0.15, 0.2) is 0 Å². The molecule has 3 rings (SSSR count). The van der Waals surface area contributed by atoms with E-state index in [4.69, 9.17) is 14.0 Å². The molecule has 2 saturated heterocycles. The molecule has 2 heterocycles. The summed E-state index contributed by atoms with van der Waals surface area (Å²) in [5.74, 6) is 0. The van der Waals surface area contributed by atoms with Gasteiger partial charge in [-0.2, -0.15) is 0 Å². The topological polar surface area (TPSA) is 71.5 Å². The molecule has 0 spiro atoms. The van der Waals surface area contributed by atoms with Crippen molar-refractivity contribution in [2.75, 3.05) is 44.4 Å². The van der Waals surface area contributed by atoms with Crippen molar-refractivity contribution >= 4 is 24.4 Å². The fraction of sp³-hybridized carbons (Fsp3) is 0.696. The van der Waals surface area contributed by atoms with Gasteiger partial charge in [-0.15, -0.1) is 0 Å². The summed E-state index contributed by atoms with van der Waals surface area (Å²) >= 11 is 0. The van der Waals surface area contributed by atoms with Gasteiger partial charge in [-0.05, 0) is 44.3 Å². The van der Waals surface area contributed by atoms with E-state index in [1.807, 2.05) is 32.9 Å². The molecule has 1 aromatic rings. The minimum atomic E-state index is -0.964. The molecule has 2 fully saturated rings. The summed E-state index contributed by atoms with van der Waals surface area (Å²) in [6.45, 7) is 16.4. The summed E-state index contributed by atoms with van der Waals surface area (Å²) in [5, 5.41) is 10.2. The van der Waals surface area contributed by atoms with Crippen LogP contribution < -0.4 is 10.4 Å². The highest BCUT2D eigenvalue weighted by molar-refractivity contribution is 6.61. The molecule has 8 heteroatoms. The van der Waals surface area contributed by atoms with Gasteiger partial charge in [0.25, 0.3) is 0 Å². The predicted molar refractivity (Wildman–Crippen MR) is 123 cm³/mol. The molecule has 172 valence electrons. The first-order chi connectivity index (χ1) is 14.5. The minimum Gasteiger partial charge on any atom is -0.465 e. The van der Waals surface area contributed by atoms with Crippen LogP contribution in [0, 0.1) is 5.41 Å². The minimum absolute atomic E-state index is 0.0264. The highest BCUT2D eigenvalue weighted by atomic mass is 16.6. The second-order valence-electron chi connectivity index (χ2n) is 10.3. The zero-order valence-electron chi connectivity index (χ0n) is 19.8. The monoisotopic (exact) mass is 432 g/mol. The van der Waals surface area contributed by atoms with Gasteiger partial charge in [0, 0.05) is 43.3 Å². The lowest BCUT2D eigenvalue weighted by atomic mass is 9.75. The van der Waals surface area contributed by atoms with Gasteiger partial charge in [-0.25, -0.2) is 4.79 Å². The maximum absolute atomic E-state index is 12.4. The second-order valence-corrected chi connectivity index (χ2v) is 10.3. The van der Waals surface area contributed by atoms with Gasteiger partial charge in [-0.3, -0.25) is 9.80 Å². The Morgan fingerprint density at radius 2 is 1.84 bits per heavy atom. The van der Waals surface area contributed by atoms with Gasteiger partial charge in [0.05, 0.1) is 18.9 Å². The first-order valence-corrected chi connectivity index (χ1v) is 11.3. The Labute approximate surface area is 186 Å². The SMILES string of the molecule is CCC(c1ccc(B2OCC(C)(C)CO2)cc1N(C(=O)O)C(C)(C)C)N1CCOCC1. The molecule has 7 nitrogen and oxygen atoms in total. The Morgan fingerprint density at radius 3 is 2.35 bits per heavy atom. The summed E-state index contributed by atoms with van der Waals surface area (Å²) in [6.07, 6.45) is -0.0801. The number of carbonyl (C=O) groups is 1. The normalized spacial score (nSPS) is 21.0. The Kier molecular flexibility index (Phi) is 7.36. The molecule has 0 saturated carbocycles. The Hall–Kier alpha value is -1.61. The van der Waals surface area contributed by atoms with Gasteiger partial charge in [0.1, 0.15) is 0 Å². The van der Waals surface area contributed by atoms with E-state index in [0.717, 1.165) is 30.5 Å². The van der Waals surface area contributed by atoms with Gasteiger partial charge in [0.2, 0.25) is 0 Å². The number of ether oxygens (including phenoxy) is 1. The summed E-state index contributed by atoms with van der Waals surface area (Å²) in [4.78, 5) is 16.3. The summed E-state index contributed by atoms with van der Waals surface area (Å²) in [5.41, 5.74) is 1.94. The van der Waals surface area contributed by atoms with Crippen LogP contribution in [0.5, 0.6) is 0 Å². The third-order valence-corrected chi connectivity index (χ3v) is 5.91. The predicted octanol–water partition coefficient (Wildman–Crippen LogP) is 3.52. The zero-order valence-corrected chi connectivity index (χ0v) is 19.8. The van der Waals surface area contributed by atoms with Crippen molar-refractivity contribution in [3.8, 4) is 0 Å². The van der Waals surface area contributed by atoms with E-state index in [0.29, 0.717) is 32.1 Å². The van der Waals surface area contributed by atoms with Crippen molar-refractivity contribution in [3.05, 3.63) is 23.8 Å². The molecule has 1 N–H and O–H groups in total. The van der Waals surface area contributed by atoms with Crippen LogP contribution in [0.25, 0.3) is 0 Å². The van der Waals surface area contributed by atoms with E-state index in [9.17, 15) is 9.90 Å². The van der Waals surface area contributed by atoms with Crippen molar-refractivity contribution < 1.29 is 23.9 Å². The molecule has 0 aliphatic carbocycles. The van der Waals surface area contributed by atoms with Crippen LogP contribution in [0.4, 0.5) is 10.5 Å². The Balaban J connectivity index is 2.04. The number of rotatable bonds is 5. The van der Waals surface area contributed by atoms with E-state index < -0.39 is 18.8 Å². The fourth-order valence-electron chi connectivity index (χ4n) is 4.38. The molecule has 0 aromatic heterocycles. The van der Waals surface area contributed by atoms with Crippen LogP contribution >= 0.6 is 0 Å². The van der Waals surface area contributed by atoms with Crippen LogP contribution in [0.1, 0.15) is 59.6 Å². The molecule has 1 aromatic carbocycles. The molecule has 1 atom stereocenters. The highest BCUT2D eigenvalue weighted by Crippen LogP contribution is 2.36. The molecule has 0 radical (unpaired) electrons. The largest absolute Gasteiger partial charge is 0.493 e. The molecule has 2 aliphatic heterocycles. The van der Waals surface area contributed by atoms with Gasteiger partial charge < -0.3 is 19.2 Å². The van der Waals surface area contributed by atoms with E-state index in [2.05, 4.69) is 31.7 Å². The van der Waals surface area contributed by atoms with Gasteiger partial charge >= 0.3 is 13.2 Å². The smallest absolute Gasteiger partial charge is 0.465 e. The Bertz CT molecular complexity index is 764. The van der Waals surface area contributed by atoms with E-state index in [1.165, 1.54) is 4.90 Å². The molecule has 0 bridgehead atoms. The summed E-state index contributed by atoms with van der Waals surface area (Å²) in [6, 6.07) is 6.14. The standard InChI is InChI=1S/C23H37BN2O5/c1-7-19(25-10-12-29-13-11-25)18-9-8-17(24-30-15-23(5,6)16-31-24)14-20(18)26(21(27)28)22(2,3)4/h8-9,14,19H,7,10-13,15-16H2,1-6H3,(H,27,28).